The lowest BCUT2D eigenvalue weighted by atomic mass is 10.1. The quantitative estimate of drug-likeness (QED) is 0.509. The van der Waals surface area contributed by atoms with Gasteiger partial charge in [-0.3, -0.25) is 4.79 Å². The van der Waals surface area contributed by atoms with E-state index in [2.05, 4.69) is 10.3 Å². The summed E-state index contributed by atoms with van der Waals surface area (Å²) in [6.07, 6.45) is 0. The highest BCUT2D eigenvalue weighted by atomic mass is 19.1. The second-order valence-electron chi connectivity index (χ2n) is 6.33. The Morgan fingerprint density at radius 2 is 1.48 bits per heavy atom. The molecule has 1 aromatic heterocycles. The monoisotopic (exact) mass is 390 g/mol. The van der Waals surface area contributed by atoms with Crippen molar-refractivity contribution in [1.29, 1.82) is 0 Å². The molecule has 0 aliphatic heterocycles. The Balaban J connectivity index is 1.73. The highest BCUT2D eigenvalue weighted by molar-refractivity contribution is 5.98. The molecular formula is C23H16F2N2O2. The summed E-state index contributed by atoms with van der Waals surface area (Å²) in [4.78, 5) is 16.9. The van der Waals surface area contributed by atoms with Crippen LogP contribution in [0.25, 0.3) is 22.8 Å². The summed E-state index contributed by atoms with van der Waals surface area (Å²) < 4.78 is 34.1. The molecule has 0 atom stereocenters. The summed E-state index contributed by atoms with van der Waals surface area (Å²) >= 11 is 0. The van der Waals surface area contributed by atoms with Crippen LogP contribution in [-0.2, 0) is 6.54 Å². The van der Waals surface area contributed by atoms with Gasteiger partial charge in [0.1, 0.15) is 17.2 Å². The average Bonchev–Trinajstić information content (AvgIpc) is 3.18. The Hall–Kier alpha value is -3.80. The van der Waals surface area contributed by atoms with Crippen molar-refractivity contribution in [2.45, 2.75) is 6.54 Å². The third kappa shape index (κ3) is 3.91. The molecule has 0 spiro atoms. The van der Waals surface area contributed by atoms with E-state index in [9.17, 15) is 13.6 Å². The number of aromatic nitrogens is 1. The minimum atomic E-state index is -0.817. The van der Waals surface area contributed by atoms with Gasteiger partial charge >= 0.3 is 0 Å². The van der Waals surface area contributed by atoms with Crippen molar-refractivity contribution in [3.05, 3.63) is 102 Å². The minimum absolute atomic E-state index is 0.0372. The lowest BCUT2D eigenvalue weighted by Crippen LogP contribution is -2.23. The summed E-state index contributed by atoms with van der Waals surface area (Å²) in [7, 11) is 0. The van der Waals surface area contributed by atoms with E-state index in [1.165, 1.54) is 6.07 Å². The van der Waals surface area contributed by atoms with Gasteiger partial charge in [-0.1, -0.05) is 66.7 Å². The van der Waals surface area contributed by atoms with Crippen LogP contribution in [-0.4, -0.2) is 10.9 Å². The number of hydrogen-bond donors (Lipinski definition) is 1. The van der Waals surface area contributed by atoms with Crippen LogP contribution in [0, 0.1) is 11.6 Å². The Morgan fingerprint density at radius 3 is 2.14 bits per heavy atom. The molecule has 0 saturated carbocycles. The number of nitrogens with one attached hydrogen (secondary N) is 1. The third-order valence-corrected chi connectivity index (χ3v) is 4.35. The maximum Gasteiger partial charge on any atom is 0.274 e. The van der Waals surface area contributed by atoms with Crippen molar-refractivity contribution >= 4 is 5.91 Å². The SMILES string of the molecule is O=C(NCc1ccccc1)c1nc(-c2c(F)cccc2F)oc1-c1ccccc1. The predicted octanol–water partition coefficient (Wildman–Crippen LogP) is 5.22. The molecule has 6 heteroatoms. The van der Waals surface area contributed by atoms with E-state index in [1.54, 1.807) is 24.3 Å². The Kier molecular flexibility index (Phi) is 5.16. The Bertz CT molecular complexity index is 1120. The minimum Gasteiger partial charge on any atom is -0.435 e. The van der Waals surface area contributed by atoms with Crippen molar-refractivity contribution in [2.24, 2.45) is 0 Å². The number of nitrogens with zero attached hydrogens (tertiary/aromatic N) is 1. The molecule has 3 aromatic carbocycles. The predicted molar refractivity (Wildman–Crippen MR) is 105 cm³/mol. The van der Waals surface area contributed by atoms with Crippen LogP contribution in [0.2, 0.25) is 0 Å². The topological polar surface area (TPSA) is 55.1 Å². The standard InChI is InChI=1S/C23H16F2N2O2/c24-17-12-7-13-18(25)19(17)23-27-20(21(29-23)16-10-5-2-6-11-16)22(28)26-14-15-8-3-1-4-9-15/h1-13H,14H2,(H,26,28). The maximum absolute atomic E-state index is 14.2. The molecule has 144 valence electrons. The van der Waals surface area contributed by atoms with Crippen molar-refractivity contribution in [3.8, 4) is 22.8 Å². The van der Waals surface area contributed by atoms with E-state index >= 15 is 0 Å². The molecule has 4 nitrogen and oxygen atoms in total. The lowest BCUT2D eigenvalue weighted by Gasteiger charge is -2.04. The van der Waals surface area contributed by atoms with E-state index in [0.29, 0.717) is 5.56 Å². The first-order valence-corrected chi connectivity index (χ1v) is 8.96. The molecule has 1 amide bonds. The van der Waals surface area contributed by atoms with Gasteiger partial charge in [0.25, 0.3) is 5.91 Å². The summed E-state index contributed by atoms with van der Waals surface area (Å²) in [6.45, 7) is 0.282. The van der Waals surface area contributed by atoms with Crippen molar-refractivity contribution in [3.63, 3.8) is 0 Å². The van der Waals surface area contributed by atoms with Crippen LogP contribution < -0.4 is 5.32 Å². The van der Waals surface area contributed by atoms with E-state index in [0.717, 1.165) is 17.7 Å². The average molecular weight is 390 g/mol. The number of hydrogen-bond acceptors (Lipinski definition) is 3. The van der Waals surface area contributed by atoms with Crippen LogP contribution >= 0.6 is 0 Å². The van der Waals surface area contributed by atoms with E-state index in [-0.39, 0.29) is 23.9 Å². The zero-order valence-electron chi connectivity index (χ0n) is 15.2. The molecule has 0 radical (unpaired) electrons. The fourth-order valence-electron chi connectivity index (χ4n) is 2.93. The first kappa shape index (κ1) is 18.6. The fraction of sp³-hybridized carbons (Fsp3) is 0.0435. The van der Waals surface area contributed by atoms with Crippen LogP contribution in [0.1, 0.15) is 16.1 Å². The van der Waals surface area contributed by atoms with Crippen LogP contribution in [0.3, 0.4) is 0 Å². The van der Waals surface area contributed by atoms with Gasteiger partial charge in [-0.05, 0) is 17.7 Å². The first-order chi connectivity index (χ1) is 14.1. The van der Waals surface area contributed by atoms with Crippen molar-refractivity contribution in [1.82, 2.24) is 10.3 Å². The highest BCUT2D eigenvalue weighted by Crippen LogP contribution is 2.32. The molecule has 0 fully saturated rings. The summed E-state index contributed by atoms with van der Waals surface area (Å²) in [5.74, 6) is -2.28. The molecule has 0 aliphatic carbocycles. The molecule has 0 bridgehead atoms. The van der Waals surface area contributed by atoms with E-state index in [1.807, 2.05) is 36.4 Å². The van der Waals surface area contributed by atoms with Gasteiger partial charge in [0.15, 0.2) is 11.5 Å². The summed E-state index contributed by atoms with van der Waals surface area (Å²) in [5, 5.41) is 2.77. The molecule has 1 N–H and O–H groups in total. The number of oxazole rings is 1. The second-order valence-corrected chi connectivity index (χ2v) is 6.33. The molecule has 0 unspecified atom stereocenters. The third-order valence-electron chi connectivity index (χ3n) is 4.35. The van der Waals surface area contributed by atoms with Crippen LogP contribution in [0.4, 0.5) is 8.78 Å². The molecule has 1 heterocycles. The number of benzene rings is 3. The van der Waals surface area contributed by atoms with Gasteiger partial charge in [-0.25, -0.2) is 13.8 Å². The van der Waals surface area contributed by atoms with E-state index < -0.39 is 23.1 Å². The smallest absolute Gasteiger partial charge is 0.274 e. The largest absolute Gasteiger partial charge is 0.435 e. The number of carbonyl (C=O) groups excluding carboxylic acids is 1. The summed E-state index contributed by atoms with van der Waals surface area (Å²) in [5.41, 5.74) is 1.04. The van der Waals surface area contributed by atoms with Gasteiger partial charge in [0, 0.05) is 12.1 Å². The van der Waals surface area contributed by atoms with Crippen LogP contribution in [0.5, 0.6) is 0 Å². The molecular weight excluding hydrogens is 374 g/mol. The first-order valence-electron chi connectivity index (χ1n) is 8.96. The van der Waals surface area contributed by atoms with Gasteiger partial charge in [-0.15, -0.1) is 0 Å². The Morgan fingerprint density at radius 1 is 0.862 bits per heavy atom. The number of halogens is 2. The van der Waals surface area contributed by atoms with E-state index in [4.69, 9.17) is 4.42 Å². The zero-order chi connectivity index (χ0) is 20.2. The molecule has 4 rings (SSSR count). The zero-order valence-corrected chi connectivity index (χ0v) is 15.2. The Labute approximate surface area is 165 Å². The number of rotatable bonds is 5. The fourth-order valence-corrected chi connectivity index (χ4v) is 2.93. The molecule has 4 aromatic rings. The van der Waals surface area contributed by atoms with Crippen LogP contribution in [0.15, 0.2) is 83.3 Å². The highest BCUT2D eigenvalue weighted by Gasteiger charge is 2.25. The van der Waals surface area contributed by atoms with Gasteiger partial charge in [0.05, 0.1) is 0 Å². The molecule has 29 heavy (non-hydrogen) atoms. The second kappa shape index (κ2) is 8.06. The van der Waals surface area contributed by atoms with Crippen molar-refractivity contribution < 1.29 is 18.0 Å². The van der Waals surface area contributed by atoms with Gasteiger partial charge in [-0.2, -0.15) is 0 Å². The summed E-state index contributed by atoms with van der Waals surface area (Å²) in [6, 6.07) is 21.7. The normalized spacial score (nSPS) is 10.7. The molecule has 0 saturated heterocycles. The maximum atomic E-state index is 14.2. The van der Waals surface area contributed by atoms with Gasteiger partial charge in [0.2, 0.25) is 5.89 Å². The number of carbonyl (C=O) groups is 1. The van der Waals surface area contributed by atoms with Gasteiger partial charge < -0.3 is 9.73 Å². The lowest BCUT2D eigenvalue weighted by molar-refractivity contribution is 0.0946. The molecule has 0 aliphatic rings. The van der Waals surface area contributed by atoms with Crippen molar-refractivity contribution in [2.75, 3.05) is 0 Å². The number of amides is 1.